The summed E-state index contributed by atoms with van der Waals surface area (Å²) in [5, 5.41) is 19.5. The number of aliphatic hydroxyl groups excluding tert-OH is 1. The molecule has 4 rings (SSSR count). The Labute approximate surface area is 160 Å². The van der Waals surface area contributed by atoms with E-state index in [4.69, 9.17) is 0 Å². The lowest BCUT2D eigenvalue weighted by molar-refractivity contribution is -0.166. The van der Waals surface area contributed by atoms with Gasteiger partial charge in [0.25, 0.3) is 0 Å². The number of carboxylic acids is 1. The lowest BCUT2D eigenvalue weighted by atomic mass is 9.91. The molecule has 3 aliphatic heterocycles. The number of rotatable bonds is 3. The molecule has 2 saturated heterocycles. The average Bonchev–Trinajstić information content (AvgIpc) is 2.67. The van der Waals surface area contributed by atoms with E-state index < -0.39 is 29.5 Å². The maximum absolute atomic E-state index is 13.2. The Morgan fingerprint density at radius 1 is 1.18 bits per heavy atom. The van der Waals surface area contributed by atoms with Gasteiger partial charge in [0.15, 0.2) is 0 Å². The highest BCUT2D eigenvalue weighted by molar-refractivity contribution is 6.20. The molecule has 0 aliphatic carbocycles. The molecule has 1 aromatic rings. The molecule has 3 atom stereocenters. The molecular weight excluding hydrogens is 369 g/mol. The minimum Gasteiger partial charge on any atom is -0.478 e. The zero-order valence-corrected chi connectivity index (χ0v) is 15.0. The number of Topliss-reactive ketones (excluding diaryl/α,β-unsaturated/α-hetero) is 1. The fourth-order valence-electron chi connectivity index (χ4n) is 4.18. The van der Waals surface area contributed by atoms with Gasteiger partial charge in [-0.1, -0.05) is 12.1 Å². The van der Waals surface area contributed by atoms with Gasteiger partial charge in [-0.2, -0.15) is 0 Å². The van der Waals surface area contributed by atoms with Gasteiger partial charge in [0, 0.05) is 25.8 Å². The molecule has 1 aromatic carbocycles. The summed E-state index contributed by atoms with van der Waals surface area (Å²) >= 11 is 0. The molecule has 0 radical (unpaired) electrons. The number of ketones is 1. The molecule has 0 aromatic heterocycles. The first-order chi connectivity index (χ1) is 13.4. The van der Waals surface area contributed by atoms with E-state index in [1.165, 1.54) is 23.2 Å². The first-order valence-corrected chi connectivity index (χ1v) is 9.09. The molecule has 2 fully saturated rings. The van der Waals surface area contributed by atoms with Crippen molar-refractivity contribution in [2.75, 3.05) is 19.6 Å². The van der Waals surface area contributed by atoms with Gasteiger partial charge in [0.1, 0.15) is 29.7 Å². The molecule has 0 bridgehead atoms. The number of fused-ring (bicyclic) bond motifs is 2. The van der Waals surface area contributed by atoms with Crippen LogP contribution in [0.1, 0.15) is 12.0 Å². The van der Waals surface area contributed by atoms with Gasteiger partial charge < -0.3 is 20.0 Å². The monoisotopic (exact) mass is 389 g/mol. The van der Waals surface area contributed by atoms with E-state index >= 15 is 0 Å². The number of carboxylic acid groups (broad SMARTS) is 1. The van der Waals surface area contributed by atoms with Crippen molar-refractivity contribution >= 4 is 17.7 Å². The number of aliphatic carboxylic acids is 1. The quantitative estimate of drug-likeness (QED) is 0.690. The van der Waals surface area contributed by atoms with Crippen LogP contribution >= 0.6 is 0 Å². The van der Waals surface area contributed by atoms with Crippen molar-refractivity contribution < 1.29 is 29.0 Å². The van der Waals surface area contributed by atoms with Gasteiger partial charge in [0.2, 0.25) is 11.7 Å². The second kappa shape index (κ2) is 6.99. The highest BCUT2D eigenvalue weighted by Crippen LogP contribution is 2.30. The molecule has 2 N–H and O–H groups in total. The summed E-state index contributed by atoms with van der Waals surface area (Å²) in [6, 6.07) is 5.04. The number of piperazine rings is 1. The number of amides is 1. The largest absolute Gasteiger partial charge is 0.478 e. The number of carbonyl (C=O) groups is 3. The van der Waals surface area contributed by atoms with Gasteiger partial charge in [-0.15, -0.1) is 0 Å². The van der Waals surface area contributed by atoms with Crippen LogP contribution in [0.4, 0.5) is 4.39 Å². The molecule has 148 valence electrons. The van der Waals surface area contributed by atoms with Gasteiger partial charge >= 0.3 is 5.97 Å². The van der Waals surface area contributed by atoms with Crippen LogP contribution in [0, 0.1) is 5.82 Å². The summed E-state index contributed by atoms with van der Waals surface area (Å²) in [6.07, 6.45) is -0.121. The van der Waals surface area contributed by atoms with Crippen molar-refractivity contribution in [2.24, 2.45) is 0 Å². The SMILES string of the molecule is O=C(O)C1=CN2CC3N(Cc4ccc(F)cc4)CCCN3C(=O)C2C(O)C1=O. The molecule has 3 unspecified atom stereocenters. The summed E-state index contributed by atoms with van der Waals surface area (Å²) < 4.78 is 13.2. The van der Waals surface area contributed by atoms with Gasteiger partial charge in [-0.05, 0) is 24.1 Å². The summed E-state index contributed by atoms with van der Waals surface area (Å²) in [6.45, 7) is 2.01. The fourth-order valence-corrected chi connectivity index (χ4v) is 4.18. The number of nitrogens with zero attached hydrogens (tertiary/aromatic N) is 3. The molecule has 1 amide bonds. The van der Waals surface area contributed by atoms with Crippen molar-refractivity contribution in [3.63, 3.8) is 0 Å². The zero-order chi connectivity index (χ0) is 20.0. The van der Waals surface area contributed by atoms with E-state index in [0.717, 1.165) is 18.5 Å². The number of hydrogen-bond acceptors (Lipinski definition) is 6. The molecule has 3 aliphatic rings. The van der Waals surface area contributed by atoms with Gasteiger partial charge in [-0.25, -0.2) is 9.18 Å². The lowest BCUT2D eigenvalue weighted by Crippen LogP contribution is -2.71. The normalized spacial score (nSPS) is 27.9. The third-order valence-corrected chi connectivity index (χ3v) is 5.55. The van der Waals surface area contributed by atoms with Crippen molar-refractivity contribution in [3.8, 4) is 0 Å². The molecule has 3 heterocycles. The molecule has 0 saturated carbocycles. The third-order valence-electron chi connectivity index (χ3n) is 5.55. The summed E-state index contributed by atoms with van der Waals surface area (Å²) in [5.41, 5.74) is 0.374. The first-order valence-electron chi connectivity index (χ1n) is 9.09. The highest BCUT2D eigenvalue weighted by atomic mass is 19.1. The van der Waals surface area contributed by atoms with Crippen LogP contribution in [0.5, 0.6) is 0 Å². The van der Waals surface area contributed by atoms with E-state index in [-0.39, 0.29) is 24.4 Å². The lowest BCUT2D eigenvalue weighted by Gasteiger charge is -2.53. The van der Waals surface area contributed by atoms with Gasteiger partial charge in [0.05, 0.1) is 6.54 Å². The Balaban J connectivity index is 1.62. The smallest absolute Gasteiger partial charge is 0.340 e. The number of aliphatic hydroxyl groups is 1. The molecule has 28 heavy (non-hydrogen) atoms. The first kappa shape index (κ1) is 18.6. The Morgan fingerprint density at radius 3 is 2.57 bits per heavy atom. The summed E-state index contributed by atoms with van der Waals surface area (Å²) in [5.74, 6) is -3.08. The number of benzene rings is 1. The Morgan fingerprint density at radius 2 is 1.89 bits per heavy atom. The fraction of sp³-hybridized carbons (Fsp3) is 0.421. The van der Waals surface area contributed by atoms with Crippen LogP contribution in [0.15, 0.2) is 36.0 Å². The summed E-state index contributed by atoms with van der Waals surface area (Å²) in [7, 11) is 0. The second-order valence-corrected chi connectivity index (χ2v) is 7.26. The third kappa shape index (κ3) is 3.06. The Hall–Kier alpha value is -2.78. The second-order valence-electron chi connectivity index (χ2n) is 7.26. The van der Waals surface area contributed by atoms with Crippen LogP contribution in [0.3, 0.4) is 0 Å². The van der Waals surface area contributed by atoms with Crippen molar-refractivity contribution in [1.82, 2.24) is 14.7 Å². The average molecular weight is 389 g/mol. The van der Waals surface area contributed by atoms with Gasteiger partial charge in [-0.3, -0.25) is 14.5 Å². The Bertz CT molecular complexity index is 856. The van der Waals surface area contributed by atoms with Crippen LogP contribution in [-0.2, 0) is 20.9 Å². The van der Waals surface area contributed by atoms with E-state index in [9.17, 15) is 29.0 Å². The number of halogens is 1. The number of hydrogen-bond donors (Lipinski definition) is 2. The maximum Gasteiger partial charge on any atom is 0.340 e. The molecule has 8 nitrogen and oxygen atoms in total. The van der Waals surface area contributed by atoms with E-state index in [0.29, 0.717) is 13.1 Å². The predicted octanol–water partition coefficient (Wildman–Crippen LogP) is -0.218. The van der Waals surface area contributed by atoms with Crippen molar-refractivity contribution in [3.05, 3.63) is 47.4 Å². The van der Waals surface area contributed by atoms with E-state index in [1.807, 2.05) is 0 Å². The minimum absolute atomic E-state index is 0.277. The molecule has 9 heteroatoms. The van der Waals surface area contributed by atoms with Crippen LogP contribution in [0.2, 0.25) is 0 Å². The molecular formula is C19H20FN3O5. The van der Waals surface area contributed by atoms with E-state index in [1.54, 1.807) is 17.0 Å². The number of carbonyl (C=O) groups excluding carboxylic acids is 2. The van der Waals surface area contributed by atoms with Crippen LogP contribution in [0.25, 0.3) is 0 Å². The maximum atomic E-state index is 13.2. The topological polar surface area (TPSA) is 101 Å². The van der Waals surface area contributed by atoms with Crippen LogP contribution in [-0.4, -0.2) is 80.5 Å². The zero-order valence-electron chi connectivity index (χ0n) is 15.0. The highest BCUT2D eigenvalue weighted by Gasteiger charge is 2.51. The van der Waals surface area contributed by atoms with E-state index in [2.05, 4.69) is 4.90 Å². The predicted molar refractivity (Wildman–Crippen MR) is 94.2 cm³/mol. The summed E-state index contributed by atoms with van der Waals surface area (Å²) in [4.78, 5) is 41.6. The van der Waals surface area contributed by atoms with Crippen molar-refractivity contribution in [2.45, 2.75) is 31.3 Å². The van der Waals surface area contributed by atoms with Crippen LogP contribution < -0.4 is 0 Å². The Kier molecular flexibility index (Phi) is 4.64. The van der Waals surface area contributed by atoms with Crippen molar-refractivity contribution in [1.29, 1.82) is 0 Å². The molecule has 0 spiro atoms. The standard InChI is InChI=1S/C19H20FN3O5/c20-12-4-2-11(3-5-12)8-21-6-1-7-23-14(21)10-22-9-13(19(27)28)16(24)17(25)15(22)18(23)26/h2-5,9,14-15,17,25H,1,6-8,10H2,(H,27,28). The minimum atomic E-state index is -1.70.